The van der Waals surface area contributed by atoms with Crippen molar-refractivity contribution >= 4 is 11.8 Å². The predicted octanol–water partition coefficient (Wildman–Crippen LogP) is 2.80. The Morgan fingerprint density at radius 2 is 1.75 bits per heavy atom. The first-order valence-electron chi connectivity index (χ1n) is 8.77. The van der Waals surface area contributed by atoms with Gasteiger partial charge in [0.25, 0.3) is 5.91 Å². The summed E-state index contributed by atoms with van der Waals surface area (Å²) in [4.78, 5) is 26.0. The summed E-state index contributed by atoms with van der Waals surface area (Å²) in [5.74, 6) is -0.942. The van der Waals surface area contributed by atoms with Crippen LogP contribution in [0.3, 0.4) is 0 Å². The van der Waals surface area contributed by atoms with Gasteiger partial charge in [-0.05, 0) is 31.2 Å². The molecule has 0 atom stereocenters. The van der Waals surface area contributed by atoms with Gasteiger partial charge in [-0.25, -0.2) is 9.07 Å². The van der Waals surface area contributed by atoms with Gasteiger partial charge in [-0.2, -0.15) is 5.10 Å². The van der Waals surface area contributed by atoms with Crippen LogP contribution >= 0.6 is 0 Å². The minimum atomic E-state index is -0.351. The summed E-state index contributed by atoms with van der Waals surface area (Å²) in [5.41, 5.74) is 3.36. The van der Waals surface area contributed by atoms with Crippen LogP contribution < -0.4 is 5.32 Å². The summed E-state index contributed by atoms with van der Waals surface area (Å²) in [5, 5.41) is 7.06. The molecule has 3 rings (SSSR count). The van der Waals surface area contributed by atoms with Crippen molar-refractivity contribution in [2.45, 2.75) is 6.92 Å². The molecule has 28 heavy (non-hydrogen) atoms. The van der Waals surface area contributed by atoms with Crippen molar-refractivity contribution in [3.63, 3.8) is 0 Å². The molecule has 0 saturated carbocycles. The van der Waals surface area contributed by atoms with E-state index in [-0.39, 0.29) is 24.2 Å². The number of hydrogen-bond donors (Lipinski definition) is 1. The molecule has 2 aromatic carbocycles. The number of likely N-dealkylation sites (N-methyl/N-ethyl adjacent to an activating group) is 2. The van der Waals surface area contributed by atoms with Crippen molar-refractivity contribution < 1.29 is 14.0 Å². The Balaban J connectivity index is 2.05. The van der Waals surface area contributed by atoms with Crippen LogP contribution in [-0.4, -0.2) is 47.1 Å². The van der Waals surface area contributed by atoms with E-state index in [1.165, 1.54) is 28.8 Å². The van der Waals surface area contributed by atoms with Crippen LogP contribution in [0.25, 0.3) is 16.9 Å². The fraction of sp³-hybridized carbons (Fsp3) is 0.190. The molecular formula is C21H21FN4O2. The molecule has 1 N–H and O–H groups in total. The number of halogens is 1. The second-order valence-electron chi connectivity index (χ2n) is 6.51. The number of amides is 2. The van der Waals surface area contributed by atoms with Gasteiger partial charge in [0.2, 0.25) is 5.91 Å². The van der Waals surface area contributed by atoms with E-state index >= 15 is 0 Å². The van der Waals surface area contributed by atoms with E-state index < -0.39 is 0 Å². The van der Waals surface area contributed by atoms with E-state index in [9.17, 15) is 14.0 Å². The van der Waals surface area contributed by atoms with Gasteiger partial charge < -0.3 is 10.2 Å². The van der Waals surface area contributed by atoms with Gasteiger partial charge >= 0.3 is 0 Å². The number of nitrogens with zero attached hydrogens (tertiary/aromatic N) is 3. The van der Waals surface area contributed by atoms with Gasteiger partial charge in [-0.15, -0.1) is 0 Å². The lowest BCUT2D eigenvalue weighted by atomic mass is 10.1. The van der Waals surface area contributed by atoms with Crippen LogP contribution in [-0.2, 0) is 4.79 Å². The third-order valence-corrected chi connectivity index (χ3v) is 4.37. The van der Waals surface area contributed by atoms with E-state index in [2.05, 4.69) is 10.4 Å². The van der Waals surface area contributed by atoms with Gasteiger partial charge in [-0.1, -0.05) is 29.8 Å². The zero-order valence-corrected chi connectivity index (χ0v) is 15.9. The monoisotopic (exact) mass is 380 g/mol. The maximum absolute atomic E-state index is 13.3. The van der Waals surface area contributed by atoms with Crippen LogP contribution in [0.15, 0.2) is 54.7 Å². The Labute approximate surface area is 162 Å². The quantitative estimate of drug-likeness (QED) is 0.740. The molecule has 3 aromatic rings. The molecule has 0 aliphatic heterocycles. The van der Waals surface area contributed by atoms with Crippen molar-refractivity contribution in [1.82, 2.24) is 20.0 Å². The normalized spacial score (nSPS) is 10.6. The number of nitrogens with one attached hydrogen (secondary N) is 1. The first-order valence-corrected chi connectivity index (χ1v) is 8.77. The lowest BCUT2D eigenvalue weighted by molar-refractivity contribution is -0.121. The van der Waals surface area contributed by atoms with Crippen LogP contribution in [0.4, 0.5) is 4.39 Å². The Morgan fingerprint density at radius 1 is 1.11 bits per heavy atom. The molecule has 144 valence electrons. The highest BCUT2D eigenvalue weighted by Gasteiger charge is 2.22. The summed E-state index contributed by atoms with van der Waals surface area (Å²) in [6, 6.07) is 13.5. The Hall–Kier alpha value is -3.48. The molecule has 0 aliphatic rings. The summed E-state index contributed by atoms with van der Waals surface area (Å²) in [6.45, 7) is 1.91. The van der Waals surface area contributed by atoms with Gasteiger partial charge in [0.1, 0.15) is 11.5 Å². The van der Waals surface area contributed by atoms with Crippen molar-refractivity contribution in [2.24, 2.45) is 0 Å². The average Bonchev–Trinajstić information content (AvgIpc) is 3.13. The zero-order valence-electron chi connectivity index (χ0n) is 15.9. The minimum absolute atomic E-state index is 0.0651. The molecule has 0 aliphatic carbocycles. The number of carbonyl (C=O) groups excluding carboxylic acids is 2. The second kappa shape index (κ2) is 8.04. The van der Waals surface area contributed by atoms with Gasteiger partial charge in [0.05, 0.1) is 17.8 Å². The Bertz CT molecular complexity index is 994. The van der Waals surface area contributed by atoms with E-state index in [1.54, 1.807) is 25.4 Å². The number of carbonyl (C=O) groups is 2. The van der Waals surface area contributed by atoms with E-state index in [1.807, 2.05) is 31.2 Å². The Morgan fingerprint density at radius 3 is 2.36 bits per heavy atom. The van der Waals surface area contributed by atoms with Crippen LogP contribution in [0.1, 0.15) is 15.9 Å². The largest absolute Gasteiger partial charge is 0.358 e. The lowest BCUT2D eigenvalue weighted by Gasteiger charge is -2.15. The SMILES string of the molecule is CNC(=O)CN(C)C(=O)c1cn(-c2ccc(F)cc2)nc1-c1ccc(C)cc1. The molecule has 0 unspecified atom stereocenters. The molecule has 0 bridgehead atoms. The molecular weight excluding hydrogens is 359 g/mol. The first-order chi connectivity index (χ1) is 13.4. The summed E-state index contributed by atoms with van der Waals surface area (Å²) in [6.07, 6.45) is 1.60. The van der Waals surface area contributed by atoms with Crippen LogP contribution in [0.2, 0.25) is 0 Å². The standard InChI is InChI=1S/C21H21FN4O2/c1-14-4-6-15(7-5-14)20-18(21(28)25(3)13-19(27)23-2)12-26(24-20)17-10-8-16(22)9-11-17/h4-12H,13H2,1-3H3,(H,23,27). The fourth-order valence-electron chi connectivity index (χ4n) is 2.75. The molecule has 1 aromatic heterocycles. The van der Waals surface area contributed by atoms with Crippen LogP contribution in [0.5, 0.6) is 0 Å². The molecule has 6 nitrogen and oxygen atoms in total. The van der Waals surface area contributed by atoms with Crippen molar-refractivity contribution in [3.05, 3.63) is 71.7 Å². The lowest BCUT2D eigenvalue weighted by Crippen LogP contribution is -2.36. The molecule has 2 amide bonds. The second-order valence-corrected chi connectivity index (χ2v) is 6.51. The highest BCUT2D eigenvalue weighted by Crippen LogP contribution is 2.25. The van der Waals surface area contributed by atoms with Crippen molar-refractivity contribution in [1.29, 1.82) is 0 Å². The number of benzene rings is 2. The summed E-state index contributed by atoms with van der Waals surface area (Å²) < 4.78 is 14.8. The van der Waals surface area contributed by atoms with Crippen molar-refractivity contribution in [2.75, 3.05) is 20.6 Å². The molecule has 0 saturated heterocycles. The van der Waals surface area contributed by atoms with Crippen LogP contribution in [0, 0.1) is 12.7 Å². The molecule has 1 heterocycles. The minimum Gasteiger partial charge on any atom is -0.358 e. The summed E-state index contributed by atoms with van der Waals surface area (Å²) in [7, 11) is 3.08. The predicted molar refractivity (Wildman–Crippen MR) is 105 cm³/mol. The number of hydrogen-bond acceptors (Lipinski definition) is 3. The number of aromatic nitrogens is 2. The molecule has 0 fully saturated rings. The molecule has 0 radical (unpaired) electrons. The average molecular weight is 380 g/mol. The highest BCUT2D eigenvalue weighted by atomic mass is 19.1. The van der Waals surface area contributed by atoms with Gasteiger partial charge in [-0.3, -0.25) is 9.59 Å². The highest BCUT2D eigenvalue weighted by molar-refractivity contribution is 6.01. The molecule has 0 spiro atoms. The first kappa shape index (κ1) is 19.3. The number of aryl methyl sites for hydroxylation is 1. The summed E-state index contributed by atoms with van der Waals surface area (Å²) >= 11 is 0. The van der Waals surface area contributed by atoms with E-state index in [0.29, 0.717) is 16.9 Å². The third kappa shape index (κ3) is 4.09. The Kier molecular flexibility index (Phi) is 5.54. The van der Waals surface area contributed by atoms with E-state index in [0.717, 1.165) is 11.1 Å². The van der Waals surface area contributed by atoms with Gasteiger partial charge in [0.15, 0.2) is 0 Å². The van der Waals surface area contributed by atoms with Gasteiger partial charge in [0, 0.05) is 25.9 Å². The smallest absolute Gasteiger partial charge is 0.257 e. The van der Waals surface area contributed by atoms with Crippen molar-refractivity contribution in [3.8, 4) is 16.9 Å². The fourth-order valence-corrected chi connectivity index (χ4v) is 2.75. The maximum Gasteiger partial charge on any atom is 0.257 e. The third-order valence-electron chi connectivity index (χ3n) is 4.37. The van der Waals surface area contributed by atoms with E-state index in [4.69, 9.17) is 0 Å². The maximum atomic E-state index is 13.3. The zero-order chi connectivity index (χ0) is 20.3. The number of rotatable bonds is 5. The molecule has 7 heteroatoms. The topological polar surface area (TPSA) is 67.2 Å².